The molecule has 10 N–H and O–H groups in total. The van der Waals surface area contributed by atoms with Crippen molar-refractivity contribution in [1.82, 2.24) is 150 Å². The molecule has 0 radical (unpaired) electrons. The average Bonchev–Trinajstić information content (AvgIpc) is 1.63. The molecule has 2 saturated heterocycles. The van der Waals surface area contributed by atoms with E-state index in [-0.39, 0.29) is 34.9 Å². The average molecular weight is 1990 g/mol. The predicted molar refractivity (Wildman–Crippen MR) is 549 cm³/mol. The summed E-state index contributed by atoms with van der Waals surface area (Å²) in [6.45, 7) is 12.0. The predicted octanol–water partition coefficient (Wildman–Crippen LogP) is 21.3. The van der Waals surface area contributed by atoms with Crippen molar-refractivity contribution >= 4 is 111 Å². The molecule has 4 aromatic carbocycles. The molecule has 0 atom stereocenters. The van der Waals surface area contributed by atoms with Crippen molar-refractivity contribution in [3.63, 3.8) is 0 Å². The highest BCUT2D eigenvalue weighted by Crippen LogP contribution is 2.41. The van der Waals surface area contributed by atoms with Crippen LogP contribution >= 0.6 is 0 Å². The van der Waals surface area contributed by atoms with Gasteiger partial charge in [0, 0.05) is 172 Å². The second-order valence-electron chi connectivity index (χ2n) is 36.8. The number of hydrogen-bond acceptors (Lipinski definition) is 24. The van der Waals surface area contributed by atoms with Gasteiger partial charge in [0.1, 0.15) is 46.0 Å². The van der Waals surface area contributed by atoms with Crippen LogP contribution in [-0.2, 0) is 22.7 Å². The van der Waals surface area contributed by atoms with E-state index >= 15 is 0 Å². The summed E-state index contributed by atoms with van der Waals surface area (Å²) in [5, 5.41) is 37.2. The van der Waals surface area contributed by atoms with Gasteiger partial charge < -0.3 is 30.6 Å². The second kappa shape index (κ2) is 39.2. The quantitative estimate of drug-likeness (QED) is 0.0357. The zero-order chi connectivity index (χ0) is 102. The normalized spacial score (nSPS) is 12.9. The van der Waals surface area contributed by atoms with Crippen LogP contribution in [0, 0.1) is 28.7 Å². The van der Waals surface area contributed by atoms with Crippen molar-refractivity contribution < 1.29 is 40.3 Å². The molecule has 22 heterocycles. The zero-order valence-electron chi connectivity index (χ0n) is 79.1. The summed E-state index contributed by atoms with van der Waals surface area (Å²) < 4.78 is 93.4. The number of nitrogens with one attached hydrogen (secondary N) is 10. The standard InChI is InChI=1S/C28H23FN8O.C28H23FN8.C27H21FN8.C25H14F4N8O/c1-28(2,3)27(38)33-19-8-16(10-30-12-19)17-9-20-24(36-37-25(20)32-11-17)26-34-22-14-31-13-21(23(22)35-26)15-5-4-6-18(29)7-15;29-21-5-3-4-18(9-21)23-14-31-15-24-25(23)34-28(33-24)26-22-10-20(13-32-27(22)36-35-26)19-8-17(11-30-12-19)16-37-6-1-2-7-37;28-20-4-1-3-17(8-20)22-13-30-14-23-24(22)33-27(32-23)25-21-9-19(12-31-26(21)35-34-25)18-7-16(10-29-11-18)15-36-5-2-6-36;26-15-3-1-2-12(4-15)18-10-31-11-19-20(18)35-23(34-19)21-17-6-14(8-32-22(17)37-36-21)13-5-16(9-30-7-13)33-24(38)25(27,28)29/h4-14H,1-3H3,(H,33,38)(H,34,35)(H,32,36,37);3-5,8-15H,1-2,6-7,16H2,(H,33,34)(H,32,35,36);1,3-4,7-14H,2,5-6,15H2,(H,32,33)(H,31,34,35);1-11H,(H,33,38)(H,34,35)(H,32,36,37). The van der Waals surface area contributed by atoms with Crippen molar-refractivity contribution in [3.8, 4) is 135 Å². The van der Waals surface area contributed by atoms with Crippen LogP contribution in [0.5, 0.6) is 0 Å². The SMILES string of the molecule is CC(C)(C)C(=O)Nc1cncc(-c2cnc3n[nH]c(-c4nc5c(-c6cccc(F)c6)cncc5[nH]4)c3c2)c1.Fc1cccc(-c2cncc3[nH]c(-c4[nH]nc5ncc(-c6cncc(CN7CCC7)c6)cc45)nc23)c1.Fc1cccc(-c2cncc3[nH]c(-c4[nH]nc5ncc(-c6cncc(CN7CCCC7)c6)cc45)nc23)c1.O=C(Nc1cncc(-c2cnc3n[nH]c(-c4nc5c(-c6cccc(F)c6)cncc5[nH]4)c3c2)c1)C(F)(F)F. The first-order chi connectivity index (χ1) is 72.4. The number of rotatable bonds is 18. The molecular weight excluding hydrogens is 1910 g/mol. The van der Waals surface area contributed by atoms with Gasteiger partial charge in [-0.2, -0.15) is 33.6 Å². The molecule has 2 fully saturated rings. The fourth-order valence-electron chi connectivity index (χ4n) is 17.9. The number of carbonyl (C=O) groups is 2. The summed E-state index contributed by atoms with van der Waals surface area (Å²) in [5.41, 5.74) is 24.6. The summed E-state index contributed by atoms with van der Waals surface area (Å²) in [6, 6.07) is 40.7. The fraction of sp³-hybridized carbons (Fsp3) is 0.130. The van der Waals surface area contributed by atoms with Crippen LogP contribution in [0.15, 0.2) is 270 Å². The van der Waals surface area contributed by atoms with Crippen LogP contribution in [0.4, 0.5) is 42.1 Å². The third-order valence-corrected chi connectivity index (χ3v) is 25.5. The third kappa shape index (κ3) is 19.5. The van der Waals surface area contributed by atoms with Gasteiger partial charge in [-0.05, 0) is 176 Å². The van der Waals surface area contributed by atoms with Crippen molar-refractivity contribution in [2.45, 2.75) is 59.3 Å². The number of carbonyl (C=O) groups excluding carboxylic acids is 2. The molecule has 0 aliphatic carbocycles. The summed E-state index contributed by atoms with van der Waals surface area (Å²) in [5.74, 6) is -1.31. The van der Waals surface area contributed by atoms with Crippen LogP contribution in [0.1, 0.15) is 51.2 Å². The maximum absolute atomic E-state index is 13.9. The Morgan fingerprint density at radius 2 is 0.584 bits per heavy atom. The summed E-state index contributed by atoms with van der Waals surface area (Å²) >= 11 is 0. The Bertz CT molecular complexity index is 9000. The van der Waals surface area contributed by atoms with Crippen LogP contribution in [-0.4, -0.2) is 194 Å². The lowest BCUT2D eigenvalue weighted by molar-refractivity contribution is -0.167. The van der Waals surface area contributed by atoms with Crippen LogP contribution < -0.4 is 10.6 Å². The van der Waals surface area contributed by atoms with Gasteiger partial charge in [-0.3, -0.25) is 79.7 Å². The van der Waals surface area contributed by atoms with Gasteiger partial charge >= 0.3 is 12.1 Å². The first-order valence-corrected chi connectivity index (χ1v) is 47.1. The number of aromatic amines is 8. The molecule has 734 valence electrons. The van der Waals surface area contributed by atoms with Gasteiger partial charge in [0.05, 0.1) is 114 Å². The first-order valence-electron chi connectivity index (χ1n) is 47.1. The maximum Gasteiger partial charge on any atom is 0.471 e. The minimum absolute atomic E-state index is 0.0980. The Labute approximate surface area is 838 Å². The van der Waals surface area contributed by atoms with E-state index in [0.29, 0.717) is 135 Å². The van der Waals surface area contributed by atoms with E-state index in [1.807, 2.05) is 88.3 Å². The molecular formula is C108H81F7N32O2. The van der Waals surface area contributed by atoms with Gasteiger partial charge in [0.2, 0.25) is 5.91 Å². The number of benzene rings is 4. The zero-order valence-corrected chi connectivity index (χ0v) is 79.1. The lowest BCUT2D eigenvalue weighted by atomic mass is 9.95. The summed E-state index contributed by atoms with van der Waals surface area (Å²) in [4.78, 5) is 113. The van der Waals surface area contributed by atoms with E-state index in [4.69, 9.17) is 19.9 Å². The molecule has 20 aromatic heterocycles. The number of nitrogens with zero attached hydrogens (tertiary/aromatic N) is 22. The highest BCUT2D eigenvalue weighted by atomic mass is 19.4. The number of imidazole rings is 4. The number of halogens is 7. The highest BCUT2D eigenvalue weighted by Gasteiger charge is 2.39. The molecule has 26 rings (SSSR count). The van der Waals surface area contributed by atoms with Gasteiger partial charge in [0.15, 0.2) is 45.9 Å². The Kier molecular flexibility index (Phi) is 24.6. The number of pyridine rings is 12. The van der Waals surface area contributed by atoms with E-state index in [1.54, 1.807) is 110 Å². The highest BCUT2D eigenvalue weighted by molar-refractivity contribution is 6.03. The number of hydrogen-bond donors (Lipinski definition) is 10. The van der Waals surface area contributed by atoms with Crippen LogP contribution in [0.25, 0.3) is 223 Å². The number of likely N-dealkylation sites (tertiary alicyclic amines) is 2. The molecule has 0 bridgehead atoms. The van der Waals surface area contributed by atoms with Crippen LogP contribution in [0.3, 0.4) is 0 Å². The topological polar surface area (TPSA) is 449 Å². The van der Waals surface area contributed by atoms with Crippen molar-refractivity contribution in [3.05, 3.63) is 304 Å². The Hall–Kier alpha value is -19.2. The Morgan fingerprint density at radius 3 is 0.866 bits per heavy atom. The number of amides is 2. The largest absolute Gasteiger partial charge is 0.471 e. The van der Waals surface area contributed by atoms with Gasteiger partial charge in [-0.1, -0.05) is 69.3 Å². The van der Waals surface area contributed by atoms with E-state index in [1.165, 1.54) is 97.4 Å². The molecule has 0 unspecified atom stereocenters. The Morgan fingerprint density at radius 1 is 0.309 bits per heavy atom. The number of alkyl halides is 3. The van der Waals surface area contributed by atoms with Crippen molar-refractivity contribution in [2.24, 2.45) is 5.41 Å². The lowest BCUT2D eigenvalue weighted by Gasteiger charge is -2.30. The summed E-state index contributed by atoms with van der Waals surface area (Å²) in [6.07, 6.45) is 32.5. The Balaban J connectivity index is 0.000000109. The number of aromatic nitrogens is 28. The molecule has 149 heavy (non-hydrogen) atoms. The molecule has 41 heteroatoms. The lowest BCUT2D eigenvalue weighted by Crippen LogP contribution is -2.36. The van der Waals surface area contributed by atoms with E-state index < -0.39 is 17.5 Å². The molecule has 2 amide bonds. The maximum atomic E-state index is 13.9. The van der Waals surface area contributed by atoms with Gasteiger partial charge in [0.25, 0.3) is 0 Å². The van der Waals surface area contributed by atoms with Gasteiger partial charge in [-0.25, -0.2) is 57.4 Å². The first kappa shape index (κ1) is 93.5. The summed E-state index contributed by atoms with van der Waals surface area (Å²) in [7, 11) is 0. The minimum Gasteiger partial charge on any atom is -0.335 e. The monoisotopic (exact) mass is 1990 g/mol. The van der Waals surface area contributed by atoms with Crippen LogP contribution in [0.2, 0.25) is 0 Å². The minimum atomic E-state index is -5.03. The molecule has 0 spiro atoms. The van der Waals surface area contributed by atoms with Crippen molar-refractivity contribution in [1.29, 1.82) is 0 Å². The second-order valence-corrected chi connectivity index (χ2v) is 36.8. The molecule has 24 aromatic rings. The van der Waals surface area contributed by atoms with E-state index in [9.17, 15) is 40.3 Å². The molecule has 34 nitrogen and oxygen atoms in total. The third-order valence-electron chi connectivity index (χ3n) is 25.5. The number of anilines is 2. The van der Waals surface area contributed by atoms with E-state index in [0.717, 1.165) is 140 Å². The molecule has 0 saturated carbocycles. The smallest absolute Gasteiger partial charge is 0.335 e. The van der Waals surface area contributed by atoms with E-state index in [2.05, 4.69) is 160 Å². The number of fused-ring (bicyclic) bond motifs is 8. The van der Waals surface area contributed by atoms with Gasteiger partial charge in [-0.15, -0.1) is 0 Å². The fourth-order valence-corrected chi connectivity index (χ4v) is 17.9. The molecule has 2 aliphatic rings. The molecule has 2 aliphatic heterocycles. The van der Waals surface area contributed by atoms with Crippen molar-refractivity contribution in [2.75, 3.05) is 36.8 Å². The number of H-pyrrole nitrogens is 8.